The van der Waals surface area contributed by atoms with E-state index in [1.165, 1.54) is 0 Å². The van der Waals surface area contributed by atoms with Gasteiger partial charge in [-0.15, -0.1) is 35.3 Å². The zero-order valence-electron chi connectivity index (χ0n) is 13.7. The molecular weight excluding hydrogens is 466 g/mol. The molecule has 0 bridgehead atoms. The highest BCUT2D eigenvalue weighted by Crippen LogP contribution is 2.29. The standard InChI is InChI=1S/C15H18F3N5S.HI/c1-10-4-3-5-11(22-10)8-21-14(19-2)20-7-6-13-23-12(9-24-13)15(16,17)18;/h3-5,9H,6-8H2,1-2H3,(H2,19,20,21);1H. The van der Waals surface area contributed by atoms with E-state index < -0.39 is 11.9 Å². The first-order chi connectivity index (χ1) is 11.4. The number of aliphatic imine (C=N–C) groups is 1. The van der Waals surface area contributed by atoms with Crippen LogP contribution in [0.2, 0.25) is 0 Å². The summed E-state index contributed by atoms with van der Waals surface area (Å²) >= 11 is 1.01. The molecule has 0 amide bonds. The van der Waals surface area contributed by atoms with Crippen LogP contribution in [0.25, 0.3) is 0 Å². The molecule has 0 aromatic carbocycles. The van der Waals surface area contributed by atoms with Gasteiger partial charge in [-0.3, -0.25) is 9.98 Å². The van der Waals surface area contributed by atoms with Gasteiger partial charge in [-0.25, -0.2) is 4.98 Å². The Morgan fingerprint density at radius 3 is 2.60 bits per heavy atom. The predicted molar refractivity (Wildman–Crippen MR) is 103 cm³/mol. The second kappa shape index (κ2) is 9.90. The van der Waals surface area contributed by atoms with Gasteiger partial charge in [0.1, 0.15) is 0 Å². The van der Waals surface area contributed by atoms with Crippen LogP contribution in [0, 0.1) is 6.92 Å². The minimum absolute atomic E-state index is 0. The smallest absolute Gasteiger partial charge is 0.356 e. The van der Waals surface area contributed by atoms with Gasteiger partial charge in [0, 0.05) is 31.1 Å². The van der Waals surface area contributed by atoms with E-state index in [0.717, 1.165) is 28.1 Å². The van der Waals surface area contributed by atoms with Gasteiger partial charge in [0.05, 0.1) is 17.2 Å². The van der Waals surface area contributed by atoms with E-state index >= 15 is 0 Å². The normalized spacial score (nSPS) is 11.8. The lowest BCUT2D eigenvalue weighted by molar-refractivity contribution is -0.140. The summed E-state index contributed by atoms with van der Waals surface area (Å²) in [6.07, 6.45) is -4.00. The molecule has 0 aliphatic carbocycles. The number of hydrogen-bond donors (Lipinski definition) is 2. The minimum Gasteiger partial charge on any atom is -0.356 e. The number of hydrogen-bond acceptors (Lipinski definition) is 4. The topological polar surface area (TPSA) is 62.2 Å². The van der Waals surface area contributed by atoms with Gasteiger partial charge in [0.25, 0.3) is 0 Å². The Morgan fingerprint density at radius 1 is 1.24 bits per heavy atom. The monoisotopic (exact) mass is 485 g/mol. The first-order valence-corrected chi connectivity index (χ1v) is 8.15. The number of guanidine groups is 1. The van der Waals surface area contributed by atoms with Crippen LogP contribution in [0.1, 0.15) is 22.1 Å². The predicted octanol–water partition coefficient (Wildman–Crippen LogP) is 3.39. The van der Waals surface area contributed by atoms with E-state index in [2.05, 4.69) is 25.6 Å². The number of aromatic nitrogens is 2. The molecule has 2 heterocycles. The first-order valence-electron chi connectivity index (χ1n) is 7.27. The molecule has 0 fully saturated rings. The van der Waals surface area contributed by atoms with Gasteiger partial charge in [-0.2, -0.15) is 13.2 Å². The number of thiazole rings is 1. The highest BCUT2D eigenvalue weighted by atomic mass is 127. The summed E-state index contributed by atoms with van der Waals surface area (Å²) < 4.78 is 37.5. The maximum absolute atomic E-state index is 12.5. The van der Waals surface area contributed by atoms with E-state index in [-0.39, 0.29) is 24.0 Å². The van der Waals surface area contributed by atoms with Crippen LogP contribution < -0.4 is 10.6 Å². The van der Waals surface area contributed by atoms with Crippen molar-refractivity contribution in [1.29, 1.82) is 0 Å². The van der Waals surface area contributed by atoms with E-state index in [4.69, 9.17) is 0 Å². The molecule has 2 N–H and O–H groups in total. The molecule has 0 aliphatic rings. The molecule has 2 rings (SSSR count). The zero-order valence-corrected chi connectivity index (χ0v) is 16.9. The maximum atomic E-state index is 12.5. The third kappa shape index (κ3) is 7.14. The second-order valence-corrected chi connectivity index (χ2v) is 5.94. The summed E-state index contributed by atoms with van der Waals surface area (Å²) in [6.45, 7) is 2.86. The summed E-state index contributed by atoms with van der Waals surface area (Å²) in [4.78, 5) is 12.0. The Labute approximate surface area is 165 Å². The SMILES string of the molecule is CN=C(NCCc1nc(C(F)(F)F)cs1)NCc1cccc(C)n1.I. The Bertz CT molecular complexity index is 702. The van der Waals surface area contributed by atoms with Crippen LogP contribution >= 0.6 is 35.3 Å². The molecule has 0 spiro atoms. The van der Waals surface area contributed by atoms with Crippen molar-refractivity contribution in [2.75, 3.05) is 13.6 Å². The molecular formula is C15H19F3IN5S. The van der Waals surface area contributed by atoms with Crippen LogP contribution in [0.3, 0.4) is 0 Å². The molecule has 0 unspecified atom stereocenters. The van der Waals surface area contributed by atoms with Gasteiger partial charge < -0.3 is 10.6 Å². The molecule has 2 aromatic rings. The molecule has 0 saturated heterocycles. The summed E-state index contributed by atoms with van der Waals surface area (Å²) in [5.74, 6) is 0.561. The minimum atomic E-state index is -4.39. The zero-order chi connectivity index (χ0) is 17.6. The Balaban J connectivity index is 0.00000312. The van der Waals surface area contributed by atoms with Gasteiger partial charge in [-0.05, 0) is 19.1 Å². The van der Waals surface area contributed by atoms with Crippen molar-refractivity contribution >= 4 is 41.3 Å². The Hall–Kier alpha value is -1.43. The number of aryl methyl sites for hydroxylation is 1. The number of halogens is 4. The van der Waals surface area contributed by atoms with E-state index in [0.29, 0.717) is 30.5 Å². The van der Waals surface area contributed by atoms with Crippen molar-refractivity contribution in [1.82, 2.24) is 20.6 Å². The van der Waals surface area contributed by atoms with E-state index in [1.807, 2.05) is 25.1 Å². The molecule has 0 saturated carbocycles. The largest absolute Gasteiger partial charge is 0.434 e. The van der Waals surface area contributed by atoms with Gasteiger partial charge in [0.2, 0.25) is 0 Å². The first kappa shape index (κ1) is 21.6. The highest BCUT2D eigenvalue weighted by molar-refractivity contribution is 14.0. The van der Waals surface area contributed by atoms with Crippen LogP contribution in [0.4, 0.5) is 13.2 Å². The summed E-state index contributed by atoms with van der Waals surface area (Å²) in [5, 5.41) is 7.62. The number of nitrogens with zero attached hydrogens (tertiary/aromatic N) is 3. The van der Waals surface area contributed by atoms with Crippen molar-refractivity contribution in [3.63, 3.8) is 0 Å². The average molecular weight is 485 g/mol. The van der Waals surface area contributed by atoms with E-state index in [9.17, 15) is 13.2 Å². The maximum Gasteiger partial charge on any atom is 0.434 e. The van der Waals surface area contributed by atoms with Gasteiger partial charge in [0.15, 0.2) is 11.7 Å². The van der Waals surface area contributed by atoms with Crippen LogP contribution in [0.15, 0.2) is 28.6 Å². The van der Waals surface area contributed by atoms with E-state index in [1.54, 1.807) is 7.05 Å². The van der Waals surface area contributed by atoms with Gasteiger partial charge >= 0.3 is 6.18 Å². The molecule has 25 heavy (non-hydrogen) atoms. The molecule has 2 aromatic heterocycles. The number of pyridine rings is 1. The van der Waals surface area contributed by atoms with Crippen molar-refractivity contribution in [2.45, 2.75) is 26.1 Å². The second-order valence-electron chi connectivity index (χ2n) is 5.00. The fraction of sp³-hybridized carbons (Fsp3) is 0.400. The lowest BCUT2D eigenvalue weighted by Crippen LogP contribution is -2.38. The fourth-order valence-corrected chi connectivity index (χ4v) is 2.74. The average Bonchev–Trinajstić information content (AvgIpc) is 3.00. The Morgan fingerprint density at radius 2 is 2.00 bits per heavy atom. The third-order valence-corrected chi connectivity index (χ3v) is 3.99. The van der Waals surface area contributed by atoms with Crippen LogP contribution in [0.5, 0.6) is 0 Å². The molecule has 0 atom stereocenters. The lowest BCUT2D eigenvalue weighted by Gasteiger charge is -2.11. The lowest BCUT2D eigenvalue weighted by atomic mass is 10.3. The molecule has 10 heteroatoms. The van der Waals surface area contributed by atoms with Crippen molar-refractivity contribution in [2.24, 2.45) is 4.99 Å². The summed E-state index contributed by atoms with van der Waals surface area (Å²) in [7, 11) is 1.63. The number of nitrogens with one attached hydrogen (secondary N) is 2. The molecule has 138 valence electrons. The van der Waals surface area contributed by atoms with Crippen molar-refractivity contribution in [3.05, 3.63) is 45.7 Å². The van der Waals surface area contributed by atoms with Crippen molar-refractivity contribution < 1.29 is 13.2 Å². The fourth-order valence-electron chi connectivity index (χ4n) is 1.94. The third-order valence-electron chi connectivity index (χ3n) is 3.08. The summed E-state index contributed by atoms with van der Waals surface area (Å²) in [5.41, 5.74) is 0.977. The Kier molecular flexibility index (Phi) is 8.56. The molecule has 0 aliphatic heterocycles. The molecule has 0 radical (unpaired) electrons. The van der Waals surface area contributed by atoms with Crippen molar-refractivity contribution in [3.8, 4) is 0 Å². The number of alkyl halides is 3. The highest BCUT2D eigenvalue weighted by Gasteiger charge is 2.33. The molecule has 5 nitrogen and oxygen atoms in total. The number of rotatable bonds is 5. The summed E-state index contributed by atoms with van der Waals surface area (Å²) in [6, 6.07) is 5.75. The van der Waals surface area contributed by atoms with Crippen LogP contribution in [-0.2, 0) is 19.1 Å². The van der Waals surface area contributed by atoms with Gasteiger partial charge in [-0.1, -0.05) is 6.07 Å². The quantitative estimate of drug-likeness (QED) is 0.388. The van der Waals surface area contributed by atoms with Crippen LogP contribution in [-0.4, -0.2) is 29.5 Å².